The van der Waals surface area contributed by atoms with Crippen LogP contribution in [0.25, 0.3) is 10.8 Å². The van der Waals surface area contributed by atoms with Gasteiger partial charge < -0.3 is 4.52 Å². The highest BCUT2D eigenvalue weighted by molar-refractivity contribution is 7.92. The Morgan fingerprint density at radius 2 is 1.80 bits per heavy atom. The largest absolute Gasteiger partial charge is 0.333 e. The lowest BCUT2D eigenvalue weighted by Crippen LogP contribution is -2.15. The Labute approximate surface area is 151 Å². The van der Waals surface area contributed by atoms with Crippen LogP contribution in [-0.4, -0.2) is 18.6 Å². The highest BCUT2D eigenvalue weighted by Crippen LogP contribution is 2.34. The number of nitrogens with one attached hydrogen (secondary N) is 1. The number of benzene rings is 1. The molecule has 2 aromatic heterocycles. The molecule has 0 radical (unpaired) electrons. The molecule has 1 N–H and O–H groups in total. The first-order valence-electron chi connectivity index (χ1n) is 7.68. The lowest BCUT2D eigenvalue weighted by atomic mass is 9.87. The van der Waals surface area contributed by atoms with E-state index in [1.165, 1.54) is 11.3 Å². The fourth-order valence-electron chi connectivity index (χ4n) is 2.28. The second-order valence-corrected chi connectivity index (χ2v) is 9.29. The lowest BCUT2D eigenvalue weighted by molar-refractivity contribution is 0.426. The molecule has 0 atom stereocenters. The maximum atomic E-state index is 12.7. The van der Waals surface area contributed by atoms with Crippen molar-refractivity contribution in [3.63, 3.8) is 0 Å². The number of aryl methyl sites for hydroxylation is 1. The summed E-state index contributed by atoms with van der Waals surface area (Å²) in [6.45, 7) is 7.96. The van der Waals surface area contributed by atoms with Gasteiger partial charge in [-0.1, -0.05) is 38.1 Å². The van der Waals surface area contributed by atoms with Crippen molar-refractivity contribution in [1.82, 2.24) is 10.1 Å². The summed E-state index contributed by atoms with van der Waals surface area (Å²) < 4.78 is 33.1. The summed E-state index contributed by atoms with van der Waals surface area (Å²) in [7, 11) is -3.70. The summed E-state index contributed by atoms with van der Waals surface area (Å²) in [4.78, 5) is 4.95. The smallest absolute Gasteiger partial charge is 0.270 e. The predicted molar refractivity (Wildman–Crippen MR) is 98.3 cm³/mol. The van der Waals surface area contributed by atoms with E-state index in [2.05, 4.69) is 35.6 Å². The zero-order valence-electron chi connectivity index (χ0n) is 14.4. The number of aromatic nitrogens is 2. The summed E-state index contributed by atoms with van der Waals surface area (Å²) in [5.74, 6) is 0.795. The Morgan fingerprint density at radius 1 is 1.12 bits per heavy atom. The Hall–Kier alpha value is -2.19. The molecule has 0 spiro atoms. The third kappa shape index (κ3) is 3.74. The second kappa shape index (κ2) is 6.27. The van der Waals surface area contributed by atoms with Crippen LogP contribution in [0, 0.1) is 6.92 Å². The summed E-state index contributed by atoms with van der Waals surface area (Å²) in [6.07, 6.45) is 0. The van der Waals surface area contributed by atoms with Crippen LogP contribution in [0.15, 0.2) is 45.1 Å². The first-order chi connectivity index (χ1) is 11.7. The van der Waals surface area contributed by atoms with Gasteiger partial charge in [-0.15, -0.1) is 11.3 Å². The van der Waals surface area contributed by atoms with E-state index in [4.69, 9.17) is 4.52 Å². The van der Waals surface area contributed by atoms with Crippen molar-refractivity contribution in [2.75, 3.05) is 4.72 Å². The Bertz CT molecular complexity index is 981. The highest BCUT2D eigenvalue weighted by Gasteiger charge is 2.21. The van der Waals surface area contributed by atoms with Gasteiger partial charge in [0.15, 0.2) is 5.82 Å². The number of nitrogens with zero attached hydrogens (tertiary/aromatic N) is 2. The molecule has 6 nitrogen and oxygen atoms in total. The lowest BCUT2D eigenvalue weighted by Gasteiger charge is -2.19. The van der Waals surface area contributed by atoms with Crippen molar-refractivity contribution in [2.24, 2.45) is 0 Å². The third-order valence-corrected chi connectivity index (χ3v) is 5.95. The van der Waals surface area contributed by atoms with E-state index in [1.54, 1.807) is 30.5 Å². The van der Waals surface area contributed by atoms with Gasteiger partial charge >= 0.3 is 0 Å². The van der Waals surface area contributed by atoms with Gasteiger partial charge in [0.1, 0.15) is 4.88 Å². The van der Waals surface area contributed by atoms with Gasteiger partial charge in [0.05, 0.1) is 10.6 Å². The molecule has 0 unspecified atom stereocenters. The van der Waals surface area contributed by atoms with Gasteiger partial charge in [0, 0.05) is 0 Å². The normalized spacial score (nSPS) is 12.3. The molecule has 132 valence electrons. The number of sulfonamides is 1. The quantitative estimate of drug-likeness (QED) is 0.736. The molecule has 0 bridgehead atoms. The van der Waals surface area contributed by atoms with Crippen LogP contribution in [0.5, 0.6) is 0 Å². The van der Waals surface area contributed by atoms with Crippen LogP contribution in [0.3, 0.4) is 0 Å². The number of hydrogen-bond acceptors (Lipinski definition) is 6. The molecule has 0 aliphatic carbocycles. The zero-order chi connectivity index (χ0) is 18.2. The number of hydrogen-bond donors (Lipinski definition) is 1. The molecule has 0 fully saturated rings. The first-order valence-corrected chi connectivity index (χ1v) is 10.0. The molecule has 1 aromatic carbocycles. The third-order valence-electron chi connectivity index (χ3n) is 3.66. The standard InChI is InChI=1S/C17H19N3O3S2/c1-11-18-16(23-19-11)15-14(9-10-24-15)20-25(21,22)13-7-5-12(6-8-13)17(2,3)4/h5-10,20H,1-4H3. The molecule has 0 aliphatic rings. The van der Waals surface area contributed by atoms with Crippen LogP contribution in [0.2, 0.25) is 0 Å². The predicted octanol–water partition coefficient (Wildman–Crippen LogP) is 4.20. The fraction of sp³-hybridized carbons (Fsp3) is 0.294. The molecule has 25 heavy (non-hydrogen) atoms. The fourth-order valence-corrected chi connectivity index (χ4v) is 4.19. The van der Waals surface area contributed by atoms with Crippen molar-refractivity contribution < 1.29 is 12.9 Å². The molecule has 0 amide bonds. The molecule has 0 saturated heterocycles. The Kier molecular flexibility index (Phi) is 4.42. The molecular formula is C17H19N3O3S2. The molecule has 0 aliphatic heterocycles. The summed E-state index contributed by atoms with van der Waals surface area (Å²) >= 11 is 1.33. The highest BCUT2D eigenvalue weighted by atomic mass is 32.2. The van der Waals surface area contributed by atoms with Crippen LogP contribution in [-0.2, 0) is 15.4 Å². The van der Waals surface area contributed by atoms with Crippen molar-refractivity contribution in [2.45, 2.75) is 38.0 Å². The van der Waals surface area contributed by atoms with Crippen LogP contribution >= 0.6 is 11.3 Å². The van der Waals surface area contributed by atoms with Crippen molar-refractivity contribution in [3.05, 3.63) is 47.1 Å². The van der Waals surface area contributed by atoms with Gasteiger partial charge in [-0.25, -0.2) is 8.42 Å². The van der Waals surface area contributed by atoms with Crippen molar-refractivity contribution in [3.8, 4) is 10.8 Å². The second-order valence-electron chi connectivity index (χ2n) is 6.69. The van der Waals surface area contributed by atoms with Gasteiger partial charge in [0.2, 0.25) is 0 Å². The minimum atomic E-state index is -3.70. The SMILES string of the molecule is Cc1noc(-c2sccc2NS(=O)(=O)c2ccc(C(C)(C)C)cc2)n1. The minimum absolute atomic E-state index is 0.0357. The van der Waals surface area contributed by atoms with E-state index in [1.807, 2.05) is 12.1 Å². The molecule has 0 saturated carbocycles. The van der Waals surface area contributed by atoms with Gasteiger partial charge in [0.25, 0.3) is 15.9 Å². The zero-order valence-corrected chi connectivity index (χ0v) is 16.0. The van der Waals surface area contributed by atoms with Gasteiger partial charge in [-0.2, -0.15) is 4.98 Å². The van der Waals surface area contributed by atoms with E-state index in [0.29, 0.717) is 22.3 Å². The molecule has 2 heterocycles. The van der Waals surface area contributed by atoms with Crippen molar-refractivity contribution in [1.29, 1.82) is 0 Å². The minimum Gasteiger partial charge on any atom is -0.333 e. The van der Waals surface area contributed by atoms with Crippen LogP contribution in [0.1, 0.15) is 32.2 Å². The van der Waals surface area contributed by atoms with Crippen LogP contribution in [0.4, 0.5) is 5.69 Å². The first kappa shape index (κ1) is 17.6. The van der Waals surface area contributed by atoms with Crippen LogP contribution < -0.4 is 4.72 Å². The van der Waals surface area contributed by atoms with Gasteiger partial charge in [-0.3, -0.25) is 4.72 Å². The maximum absolute atomic E-state index is 12.7. The van der Waals surface area contributed by atoms with E-state index < -0.39 is 10.0 Å². The summed E-state index contributed by atoms with van der Waals surface area (Å²) in [5.41, 5.74) is 1.46. The van der Waals surface area contributed by atoms with E-state index >= 15 is 0 Å². The number of anilines is 1. The monoisotopic (exact) mass is 377 g/mol. The molecule has 3 aromatic rings. The van der Waals surface area contributed by atoms with E-state index in [9.17, 15) is 8.42 Å². The average molecular weight is 377 g/mol. The molecule has 8 heteroatoms. The van der Waals surface area contributed by atoms with Crippen molar-refractivity contribution >= 4 is 27.0 Å². The Balaban J connectivity index is 1.89. The molecular weight excluding hydrogens is 358 g/mol. The van der Waals surface area contributed by atoms with E-state index in [0.717, 1.165) is 5.56 Å². The van der Waals surface area contributed by atoms with E-state index in [-0.39, 0.29) is 10.3 Å². The van der Waals surface area contributed by atoms with Gasteiger partial charge in [-0.05, 0) is 41.5 Å². The summed E-state index contributed by atoms with van der Waals surface area (Å²) in [5, 5.41) is 5.52. The molecule has 3 rings (SSSR count). The topological polar surface area (TPSA) is 85.1 Å². The number of thiophene rings is 1. The number of rotatable bonds is 4. The average Bonchev–Trinajstić information content (AvgIpc) is 3.15. The summed E-state index contributed by atoms with van der Waals surface area (Å²) in [6, 6.07) is 8.59. The maximum Gasteiger partial charge on any atom is 0.270 e. The Morgan fingerprint density at radius 3 is 2.36 bits per heavy atom.